The Hall–Kier alpha value is -1.10. The molecule has 90 valence electrons. The maximum absolute atomic E-state index is 5.64. The molecule has 0 spiro atoms. The molecule has 0 saturated carbocycles. The maximum atomic E-state index is 5.64. The molecule has 1 heterocycles. The van der Waals surface area contributed by atoms with E-state index in [0.29, 0.717) is 0 Å². The van der Waals surface area contributed by atoms with Gasteiger partial charge < -0.3 is 4.42 Å². The number of nitrogens with two attached hydrogens (primary N) is 1. The Morgan fingerprint density at radius 2 is 2.24 bits per heavy atom. The number of hydrazine groups is 1. The summed E-state index contributed by atoms with van der Waals surface area (Å²) in [4.78, 5) is 0. The normalized spacial score (nSPS) is 12.6. The van der Waals surface area contributed by atoms with Crippen LogP contribution < -0.4 is 11.3 Å². The Morgan fingerprint density at radius 1 is 1.41 bits per heavy atom. The van der Waals surface area contributed by atoms with E-state index in [2.05, 4.69) is 34.3 Å². The van der Waals surface area contributed by atoms with E-state index in [-0.39, 0.29) is 6.04 Å². The second kappa shape index (κ2) is 5.49. The number of halogens is 1. The van der Waals surface area contributed by atoms with Crippen molar-refractivity contribution in [1.82, 2.24) is 5.43 Å². The largest absolute Gasteiger partial charge is 0.472 e. The van der Waals surface area contributed by atoms with Crippen LogP contribution in [0.5, 0.6) is 0 Å². The SMILES string of the molecule is Cc1c(Br)cccc1C(Cc1ccoc1)NN. The molecule has 2 rings (SSSR count). The summed E-state index contributed by atoms with van der Waals surface area (Å²) in [7, 11) is 0. The summed E-state index contributed by atoms with van der Waals surface area (Å²) in [5.41, 5.74) is 6.40. The Labute approximate surface area is 109 Å². The van der Waals surface area contributed by atoms with Gasteiger partial charge >= 0.3 is 0 Å². The summed E-state index contributed by atoms with van der Waals surface area (Å²) in [5.74, 6) is 5.64. The zero-order valence-corrected chi connectivity index (χ0v) is 11.2. The van der Waals surface area contributed by atoms with Crippen LogP contribution >= 0.6 is 15.9 Å². The minimum atomic E-state index is 0.0881. The van der Waals surface area contributed by atoms with E-state index in [9.17, 15) is 0 Å². The van der Waals surface area contributed by atoms with E-state index in [1.165, 1.54) is 11.1 Å². The Balaban J connectivity index is 2.26. The van der Waals surface area contributed by atoms with Gasteiger partial charge in [-0.25, -0.2) is 0 Å². The molecule has 4 heteroatoms. The lowest BCUT2D eigenvalue weighted by molar-refractivity contribution is 0.534. The van der Waals surface area contributed by atoms with Crippen molar-refractivity contribution in [3.05, 3.63) is 58.0 Å². The molecule has 1 aromatic carbocycles. The molecular formula is C13H15BrN2O. The maximum Gasteiger partial charge on any atom is 0.0935 e. The molecule has 1 atom stereocenters. The van der Waals surface area contributed by atoms with Crippen molar-refractivity contribution in [2.24, 2.45) is 5.84 Å². The van der Waals surface area contributed by atoms with Gasteiger partial charge in [-0.1, -0.05) is 28.1 Å². The van der Waals surface area contributed by atoms with Crippen molar-refractivity contribution >= 4 is 15.9 Å². The molecule has 2 aromatic rings. The van der Waals surface area contributed by atoms with Crippen LogP contribution in [0.1, 0.15) is 22.7 Å². The topological polar surface area (TPSA) is 51.2 Å². The molecule has 17 heavy (non-hydrogen) atoms. The molecular weight excluding hydrogens is 280 g/mol. The smallest absolute Gasteiger partial charge is 0.0935 e. The highest BCUT2D eigenvalue weighted by atomic mass is 79.9. The van der Waals surface area contributed by atoms with Gasteiger partial charge in [-0.15, -0.1) is 0 Å². The average molecular weight is 295 g/mol. The number of nitrogens with one attached hydrogen (secondary N) is 1. The van der Waals surface area contributed by atoms with E-state index in [4.69, 9.17) is 10.3 Å². The van der Waals surface area contributed by atoms with Crippen LogP contribution in [-0.4, -0.2) is 0 Å². The molecule has 1 aromatic heterocycles. The first-order valence-corrected chi connectivity index (χ1v) is 6.24. The number of benzene rings is 1. The van der Waals surface area contributed by atoms with Gasteiger partial charge in [0, 0.05) is 4.47 Å². The minimum Gasteiger partial charge on any atom is -0.472 e. The lowest BCUT2D eigenvalue weighted by Gasteiger charge is -2.18. The highest BCUT2D eigenvalue weighted by molar-refractivity contribution is 9.10. The van der Waals surface area contributed by atoms with Crippen LogP contribution in [0.15, 0.2) is 45.7 Å². The monoisotopic (exact) mass is 294 g/mol. The van der Waals surface area contributed by atoms with Crippen molar-refractivity contribution in [1.29, 1.82) is 0 Å². The number of furan rings is 1. The van der Waals surface area contributed by atoms with Crippen LogP contribution in [0, 0.1) is 6.92 Å². The van der Waals surface area contributed by atoms with Crippen molar-refractivity contribution in [2.75, 3.05) is 0 Å². The molecule has 0 bridgehead atoms. The van der Waals surface area contributed by atoms with Gasteiger partial charge in [0.1, 0.15) is 0 Å². The van der Waals surface area contributed by atoms with Crippen LogP contribution in [0.4, 0.5) is 0 Å². The van der Waals surface area contributed by atoms with Crippen molar-refractivity contribution in [3.8, 4) is 0 Å². The molecule has 3 nitrogen and oxygen atoms in total. The van der Waals surface area contributed by atoms with Crippen molar-refractivity contribution in [2.45, 2.75) is 19.4 Å². The zero-order chi connectivity index (χ0) is 12.3. The van der Waals surface area contributed by atoms with Gasteiger partial charge in [0.05, 0.1) is 18.6 Å². The van der Waals surface area contributed by atoms with Crippen LogP contribution in [0.25, 0.3) is 0 Å². The first kappa shape index (κ1) is 12.4. The second-order valence-electron chi connectivity index (χ2n) is 4.01. The third kappa shape index (κ3) is 2.77. The predicted molar refractivity (Wildman–Crippen MR) is 71.4 cm³/mol. The molecule has 0 aliphatic carbocycles. The Morgan fingerprint density at radius 3 is 2.88 bits per heavy atom. The predicted octanol–water partition coefficient (Wildman–Crippen LogP) is 3.10. The van der Waals surface area contributed by atoms with Crippen molar-refractivity contribution in [3.63, 3.8) is 0 Å². The number of rotatable bonds is 4. The van der Waals surface area contributed by atoms with Gasteiger partial charge in [-0.05, 0) is 42.2 Å². The van der Waals surface area contributed by atoms with E-state index < -0.39 is 0 Å². The van der Waals surface area contributed by atoms with Crippen LogP contribution in [-0.2, 0) is 6.42 Å². The molecule has 0 aliphatic rings. The minimum absolute atomic E-state index is 0.0881. The lowest BCUT2D eigenvalue weighted by Crippen LogP contribution is -2.30. The second-order valence-corrected chi connectivity index (χ2v) is 4.86. The fourth-order valence-corrected chi connectivity index (χ4v) is 2.29. The van der Waals surface area contributed by atoms with E-state index >= 15 is 0 Å². The molecule has 0 radical (unpaired) electrons. The van der Waals surface area contributed by atoms with Crippen LogP contribution in [0.3, 0.4) is 0 Å². The Bertz CT molecular complexity index is 482. The number of hydrogen-bond acceptors (Lipinski definition) is 3. The number of hydrogen-bond donors (Lipinski definition) is 2. The van der Waals surface area contributed by atoms with Gasteiger partial charge in [0.25, 0.3) is 0 Å². The fraction of sp³-hybridized carbons (Fsp3) is 0.231. The molecule has 0 fully saturated rings. The van der Waals surface area contributed by atoms with Crippen LogP contribution in [0.2, 0.25) is 0 Å². The van der Waals surface area contributed by atoms with Gasteiger partial charge in [-0.2, -0.15) is 0 Å². The van der Waals surface area contributed by atoms with E-state index in [1.54, 1.807) is 12.5 Å². The summed E-state index contributed by atoms with van der Waals surface area (Å²) in [5, 5.41) is 0. The molecule has 1 unspecified atom stereocenters. The zero-order valence-electron chi connectivity index (χ0n) is 9.61. The summed E-state index contributed by atoms with van der Waals surface area (Å²) in [6.45, 7) is 2.08. The first-order valence-electron chi connectivity index (χ1n) is 5.44. The Kier molecular flexibility index (Phi) is 3.99. The molecule has 0 saturated heterocycles. The summed E-state index contributed by atoms with van der Waals surface area (Å²) >= 11 is 3.53. The highest BCUT2D eigenvalue weighted by Gasteiger charge is 2.14. The van der Waals surface area contributed by atoms with E-state index in [1.807, 2.05) is 18.2 Å². The standard InChI is InChI=1S/C13H15BrN2O/c1-9-11(3-2-4-12(9)14)13(16-15)7-10-5-6-17-8-10/h2-6,8,13,16H,7,15H2,1H3. The summed E-state index contributed by atoms with van der Waals surface area (Å²) in [6.07, 6.45) is 4.23. The average Bonchev–Trinajstić information content (AvgIpc) is 2.83. The molecule has 0 aliphatic heterocycles. The van der Waals surface area contributed by atoms with Gasteiger partial charge in [-0.3, -0.25) is 11.3 Å². The molecule has 0 amide bonds. The summed E-state index contributed by atoms with van der Waals surface area (Å²) < 4.78 is 6.17. The first-order chi connectivity index (χ1) is 8.22. The van der Waals surface area contributed by atoms with Gasteiger partial charge in [0.15, 0.2) is 0 Å². The van der Waals surface area contributed by atoms with Gasteiger partial charge in [0.2, 0.25) is 0 Å². The third-order valence-electron chi connectivity index (χ3n) is 2.91. The third-order valence-corrected chi connectivity index (χ3v) is 3.77. The summed E-state index contributed by atoms with van der Waals surface area (Å²) in [6, 6.07) is 8.18. The highest BCUT2D eigenvalue weighted by Crippen LogP contribution is 2.26. The van der Waals surface area contributed by atoms with Crippen molar-refractivity contribution < 1.29 is 4.42 Å². The quantitative estimate of drug-likeness (QED) is 0.673. The van der Waals surface area contributed by atoms with E-state index in [0.717, 1.165) is 16.5 Å². The fourth-order valence-electron chi connectivity index (χ4n) is 1.90. The lowest BCUT2D eigenvalue weighted by atomic mass is 9.97. The molecule has 3 N–H and O–H groups in total.